The molecule has 11 heavy (non-hydrogen) atoms. The standard InChI is InChI=1S/C3H2Cl5NOS/c4-2-1-11(5,6,7,8)3(10)9-2/h1H2. The summed E-state index contributed by atoms with van der Waals surface area (Å²) in [5.41, 5.74) is 0. The summed E-state index contributed by atoms with van der Waals surface area (Å²) in [5.74, 6) is -0.299. The lowest BCUT2D eigenvalue weighted by Crippen LogP contribution is -2.16. The summed E-state index contributed by atoms with van der Waals surface area (Å²) in [6.45, 7) is 0. The second kappa shape index (κ2) is 1.97. The number of nitrogens with zero attached hydrogens (tertiary/aromatic N) is 1. The summed E-state index contributed by atoms with van der Waals surface area (Å²) >= 11 is 5.39. The number of hydrogen-bond donors (Lipinski definition) is 0. The molecule has 8 heteroatoms. The summed E-state index contributed by atoms with van der Waals surface area (Å²) in [6.07, 6.45) is 0. The molecule has 1 heterocycles. The van der Waals surface area contributed by atoms with Gasteiger partial charge in [0.2, 0.25) is 0 Å². The molecular weight excluding hydrogens is 275 g/mol. The highest BCUT2D eigenvalue weighted by atomic mass is 36.4. The number of rotatable bonds is 0. The second-order valence-corrected chi connectivity index (χ2v) is 18.6. The van der Waals surface area contributed by atoms with Crippen LogP contribution in [0.2, 0.25) is 0 Å². The van der Waals surface area contributed by atoms with Gasteiger partial charge in [-0.05, 0) is 42.7 Å². The molecule has 1 amide bonds. The monoisotopic (exact) mass is 275 g/mol. The lowest BCUT2D eigenvalue weighted by atomic mass is 10.9. The Bertz CT molecular complexity index is 275. The van der Waals surface area contributed by atoms with E-state index < -0.39 is 10.4 Å². The van der Waals surface area contributed by atoms with E-state index >= 15 is 0 Å². The third-order valence-corrected chi connectivity index (χ3v) is 6.00. The lowest BCUT2D eigenvalue weighted by molar-refractivity contribution is 0.267. The first kappa shape index (κ1) is 10.2. The first-order valence-corrected chi connectivity index (χ1v) is 8.61. The van der Waals surface area contributed by atoms with Crippen LogP contribution < -0.4 is 0 Å². The predicted molar refractivity (Wildman–Crippen MR) is 54.6 cm³/mol. The maximum absolute atomic E-state index is 11.0. The summed E-state index contributed by atoms with van der Waals surface area (Å²) in [6, 6.07) is 0. The van der Waals surface area contributed by atoms with Crippen molar-refractivity contribution >= 4 is 69.9 Å². The predicted octanol–water partition coefficient (Wildman–Crippen LogP) is 4.25. The molecule has 0 atom stereocenters. The van der Waals surface area contributed by atoms with Gasteiger partial charge in [0.25, 0.3) is 0 Å². The Hall–Kier alpha value is 1.14. The van der Waals surface area contributed by atoms with Crippen LogP contribution in [0.25, 0.3) is 0 Å². The molecule has 0 bridgehead atoms. The fraction of sp³-hybridized carbons (Fsp3) is 0.333. The molecule has 2 nitrogen and oxygen atoms in total. The molecule has 0 saturated heterocycles. The Morgan fingerprint density at radius 1 is 1.27 bits per heavy atom. The van der Waals surface area contributed by atoms with Crippen molar-refractivity contribution in [2.45, 2.75) is 0 Å². The van der Waals surface area contributed by atoms with Gasteiger partial charge in [0, 0.05) is 5.15 Å². The average Bonchev–Trinajstić information content (AvgIpc) is 1.70. The topological polar surface area (TPSA) is 29.4 Å². The van der Waals surface area contributed by atoms with E-state index in [-0.39, 0.29) is 10.9 Å². The zero-order valence-electron chi connectivity index (χ0n) is 4.86. The van der Waals surface area contributed by atoms with Gasteiger partial charge in [-0.1, -0.05) is 11.6 Å². The molecule has 1 aliphatic rings. The van der Waals surface area contributed by atoms with Crippen LogP contribution in [0.4, 0.5) is 4.79 Å². The maximum Gasteiger partial charge on any atom is 0.322 e. The second-order valence-electron chi connectivity index (χ2n) is 2.14. The number of hydrogen-bond acceptors (Lipinski definition) is 1. The van der Waals surface area contributed by atoms with Gasteiger partial charge in [-0.2, -0.15) is 4.99 Å². The van der Waals surface area contributed by atoms with Crippen LogP contribution in [0.1, 0.15) is 0 Å². The molecule has 0 aromatic carbocycles. The minimum atomic E-state index is -4.69. The lowest BCUT2D eigenvalue weighted by Gasteiger charge is -2.49. The van der Waals surface area contributed by atoms with E-state index in [9.17, 15) is 4.79 Å². The van der Waals surface area contributed by atoms with Crippen LogP contribution >= 0.6 is 59.5 Å². The van der Waals surface area contributed by atoms with Gasteiger partial charge >= 0.3 is 5.24 Å². The van der Waals surface area contributed by atoms with Crippen LogP contribution in [0.15, 0.2) is 4.99 Å². The van der Waals surface area contributed by atoms with Gasteiger partial charge in [-0.3, -0.25) is 4.79 Å². The summed E-state index contributed by atoms with van der Waals surface area (Å²) < 4.78 is 0. The number of halogens is 5. The van der Waals surface area contributed by atoms with Crippen molar-refractivity contribution in [2.75, 3.05) is 5.75 Å². The molecule has 0 unspecified atom stereocenters. The summed E-state index contributed by atoms with van der Waals surface area (Å²) in [7, 11) is 22.4. The van der Waals surface area contributed by atoms with Crippen LogP contribution in [-0.4, -0.2) is 16.2 Å². The Kier molecular flexibility index (Phi) is 1.83. The Morgan fingerprint density at radius 3 is 1.82 bits per heavy atom. The van der Waals surface area contributed by atoms with Crippen LogP contribution in [0.3, 0.4) is 0 Å². The molecular formula is C3H2Cl5NOS. The van der Waals surface area contributed by atoms with Crippen molar-refractivity contribution in [3.63, 3.8) is 0 Å². The summed E-state index contributed by atoms with van der Waals surface area (Å²) in [4.78, 5) is 14.3. The van der Waals surface area contributed by atoms with Crippen LogP contribution in [0.5, 0.6) is 0 Å². The van der Waals surface area contributed by atoms with Crippen molar-refractivity contribution < 1.29 is 4.79 Å². The average molecular weight is 277 g/mol. The first-order valence-electron chi connectivity index (χ1n) is 2.30. The Balaban J connectivity index is 3.28. The largest absolute Gasteiger partial charge is 0.322 e. The third-order valence-electron chi connectivity index (χ3n) is 1.01. The van der Waals surface area contributed by atoms with Gasteiger partial charge in [0.15, 0.2) is 0 Å². The Labute approximate surface area is 85.0 Å². The molecule has 0 radical (unpaired) electrons. The number of carbonyl (C=O) groups is 1. The van der Waals surface area contributed by atoms with Crippen molar-refractivity contribution in [3.05, 3.63) is 0 Å². The van der Waals surface area contributed by atoms with Crippen LogP contribution in [0, 0.1) is 0 Å². The fourth-order valence-corrected chi connectivity index (χ4v) is 4.78. The van der Waals surface area contributed by atoms with Gasteiger partial charge in [-0.25, -0.2) is 0 Å². The van der Waals surface area contributed by atoms with Crippen molar-refractivity contribution in [2.24, 2.45) is 4.99 Å². The number of amides is 1. The fourth-order valence-electron chi connectivity index (χ4n) is 0.534. The molecule has 0 N–H and O–H groups in total. The third kappa shape index (κ3) is 1.90. The van der Waals surface area contributed by atoms with Crippen molar-refractivity contribution in [1.29, 1.82) is 0 Å². The molecule has 0 fully saturated rings. The quantitative estimate of drug-likeness (QED) is 0.651. The van der Waals surface area contributed by atoms with E-state index in [1.54, 1.807) is 0 Å². The zero-order chi connectivity index (χ0) is 8.98. The van der Waals surface area contributed by atoms with E-state index in [2.05, 4.69) is 4.99 Å². The van der Waals surface area contributed by atoms with Crippen LogP contribution in [-0.2, 0) is 0 Å². The molecule has 0 aromatic rings. The maximum atomic E-state index is 11.0. The number of carbonyl (C=O) groups excluding carboxylic acids is 1. The number of aliphatic imine (C=N–C) groups is 1. The smallest absolute Gasteiger partial charge is 0.258 e. The minimum Gasteiger partial charge on any atom is -0.258 e. The normalized spacial score (nSPS) is 37.9. The zero-order valence-corrected chi connectivity index (χ0v) is 9.46. The van der Waals surface area contributed by atoms with E-state index in [0.717, 1.165) is 0 Å². The molecule has 1 rings (SSSR count). The minimum absolute atomic E-state index is 0.0633. The molecule has 1 aliphatic heterocycles. The highest BCUT2D eigenvalue weighted by Gasteiger charge is 2.65. The Morgan fingerprint density at radius 2 is 1.73 bits per heavy atom. The summed E-state index contributed by atoms with van der Waals surface area (Å²) in [5, 5.41) is -5.71. The van der Waals surface area contributed by atoms with E-state index in [1.807, 2.05) is 0 Å². The van der Waals surface area contributed by atoms with Gasteiger partial charge in [0.1, 0.15) is 5.17 Å². The van der Waals surface area contributed by atoms with Crippen molar-refractivity contribution in [3.8, 4) is 0 Å². The van der Waals surface area contributed by atoms with Gasteiger partial charge < -0.3 is 0 Å². The SMILES string of the molecule is O=C1N=C(Cl)CS1(Cl)(Cl)(Cl)Cl. The molecule has 0 saturated carbocycles. The van der Waals surface area contributed by atoms with Gasteiger partial charge in [-0.15, -0.1) is 0 Å². The highest BCUT2D eigenvalue weighted by molar-refractivity contribution is 9.20. The first-order chi connectivity index (χ1) is 4.54. The van der Waals surface area contributed by atoms with E-state index in [4.69, 9.17) is 54.3 Å². The van der Waals surface area contributed by atoms with E-state index in [1.165, 1.54) is 0 Å². The molecule has 0 aliphatic carbocycles. The van der Waals surface area contributed by atoms with Gasteiger partial charge in [0.05, 0.1) is 5.75 Å². The highest BCUT2D eigenvalue weighted by Crippen LogP contribution is 3.07. The molecule has 0 aromatic heterocycles. The van der Waals surface area contributed by atoms with Crippen molar-refractivity contribution in [1.82, 2.24) is 0 Å². The molecule has 0 spiro atoms. The van der Waals surface area contributed by atoms with E-state index in [0.29, 0.717) is 0 Å². The molecule has 66 valence electrons.